The number of nitrogens with zero attached hydrogens (tertiary/aromatic N) is 2. The van der Waals surface area contributed by atoms with Crippen molar-refractivity contribution in [2.45, 2.75) is 18.4 Å². The summed E-state index contributed by atoms with van der Waals surface area (Å²) in [6.45, 7) is 1.85. The summed E-state index contributed by atoms with van der Waals surface area (Å²) in [5.74, 6) is 0.604. The average Bonchev–Trinajstić information content (AvgIpc) is 2.81. The molecule has 2 aromatic heterocycles. The van der Waals surface area contributed by atoms with Gasteiger partial charge in [0.1, 0.15) is 5.82 Å². The Morgan fingerprint density at radius 1 is 1.39 bits per heavy atom. The number of aryl methyl sites for hydroxylation is 1. The average molecular weight is 269 g/mol. The maximum Gasteiger partial charge on any atom is 0.280 e. The predicted molar refractivity (Wildman–Crippen MR) is 63.6 cm³/mol. The first-order valence-electron chi connectivity index (χ1n) is 5.13. The van der Waals surface area contributed by atoms with Crippen LogP contribution in [0, 0.1) is 0 Å². The zero-order valence-electron chi connectivity index (χ0n) is 9.47. The minimum Gasteiger partial charge on any atom is -0.332 e. The van der Waals surface area contributed by atoms with Crippen molar-refractivity contribution in [1.82, 2.24) is 20.2 Å². The van der Waals surface area contributed by atoms with Gasteiger partial charge in [-0.25, -0.2) is 10.1 Å². The molecule has 0 fully saturated rings. The van der Waals surface area contributed by atoms with Crippen LogP contribution in [0.2, 0.25) is 0 Å². The third kappa shape index (κ3) is 2.56. The largest absolute Gasteiger partial charge is 0.332 e. The molecule has 0 unspecified atom stereocenters. The number of rotatable bonds is 4. The van der Waals surface area contributed by atoms with E-state index in [1.54, 1.807) is 0 Å². The summed E-state index contributed by atoms with van der Waals surface area (Å²) in [5, 5.41) is 5.64. The quantitative estimate of drug-likeness (QED) is 0.713. The Bertz CT molecular complexity index is 682. The van der Waals surface area contributed by atoms with Crippen LogP contribution in [0.15, 0.2) is 28.2 Å². The van der Waals surface area contributed by atoms with Crippen LogP contribution in [-0.2, 0) is 16.4 Å². The van der Waals surface area contributed by atoms with Gasteiger partial charge in [-0.3, -0.25) is 9.52 Å². The van der Waals surface area contributed by atoms with Gasteiger partial charge in [-0.2, -0.15) is 13.5 Å². The second-order valence-corrected chi connectivity index (χ2v) is 5.11. The molecule has 96 valence electrons. The van der Waals surface area contributed by atoms with Crippen molar-refractivity contribution < 1.29 is 8.42 Å². The highest BCUT2D eigenvalue weighted by Gasteiger charge is 2.17. The third-order valence-corrected chi connectivity index (χ3v) is 3.41. The van der Waals surface area contributed by atoms with Gasteiger partial charge >= 0.3 is 0 Å². The molecule has 9 heteroatoms. The molecular weight excluding hydrogens is 258 g/mol. The van der Waals surface area contributed by atoms with Crippen molar-refractivity contribution in [3.63, 3.8) is 0 Å². The van der Waals surface area contributed by atoms with E-state index in [9.17, 15) is 13.2 Å². The SMILES string of the molecule is CCc1ncc(S(=O)(=O)Nc2ccc(=O)[nH]n2)[nH]1. The van der Waals surface area contributed by atoms with Crippen molar-refractivity contribution >= 4 is 15.8 Å². The predicted octanol–water partition coefficient (Wildman–Crippen LogP) is -0.144. The molecular formula is C9H11N5O3S. The van der Waals surface area contributed by atoms with E-state index >= 15 is 0 Å². The molecule has 8 nitrogen and oxygen atoms in total. The monoisotopic (exact) mass is 269 g/mol. The van der Waals surface area contributed by atoms with Crippen molar-refractivity contribution in [3.8, 4) is 0 Å². The van der Waals surface area contributed by atoms with Gasteiger partial charge in [0.25, 0.3) is 15.6 Å². The molecule has 0 saturated carbocycles. The Morgan fingerprint density at radius 2 is 2.17 bits per heavy atom. The lowest BCUT2D eigenvalue weighted by atomic mass is 10.5. The van der Waals surface area contributed by atoms with Crippen LogP contribution in [-0.4, -0.2) is 28.6 Å². The number of aromatic amines is 2. The molecule has 2 rings (SSSR count). The van der Waals surface area contributed by atoms with Gasteiger partial charge in [-0.05, 0) is 6.07 Å². The molecule has 2 heterocycles. The van der Waals surface area contributed by atoms with Crippen LogP contribution >= 0.6 is 0 Å². The van der Waals surface area contributed by atoms with E-state index in [4.69, 9.17) is 0 Å². The number of imidazole rings is 1. The smallest absolute Gasteiger partial charge is 0.280 e. The lowest BCUT2D eigenvalue weighted by Crippen LogP contribution is -2.16. The minimum absolute atomic E-state index is 0.0299. The van der Waals surface area contributed by atoms with Gasteiger partial charge < -0.3 is 4.98 Å². The molecule has 0 aromatic carbocycles. The molecule has 2 aromatic rings. The van der Waals surface area contributed by atoms with E-state index in [1.807, 2.05) is 6.92 Å². The standard InChI is InChI=1S/C9H11N5O3S/c1-2-6-10-5-9(11-6)18(16,17)14-7-3-4-8(15)13-12-7/h3-5H,2H2,1H3,(H,10,11)(H,12,14)(H,13,15). The summed E-state index contributed by atoms with van der Waals surface area (Å²) in [4.78, 5) is 17.4. The molecule has 0 spiro atoms. The number of sulfonamides is 1. The molecule has 18 heavy (non-hydrogen) atoms. The van der Waals surface area contributed by atoms with Crippen LogP contribution in [0.25, 0.3) is 0 Å². The lowest BCUT2D eigenvalue weighted by molar-refractivity contribution is 0.597. The fourth-order valence-corrected chi connectivity index (χ4v) is 2.20. The van der Waals surface area contributed by atoms with Crippen molar-refractivity contribution in [2.75, 3.05) is 4.72 Å². The highest BCUT2D eigenvalue weighted by Crippen LogP contribution is 2.10. The van der Waals surface area contributed by atoms with Crippen LogP contribution in [0.4, 0.5) is 5.82 Å². The lowest BCUT2D eigenvalue weighted by Gasteiger charge is -2.03. The molecule has 0 saturated heterocycles. The number of H-pyrrole nitrogens is 2. The van der Waals surface area contributed by atoms with Crippen molar-refractivity contribution in [3.05, 3.63) is 34.5 Å². The highest BCUT2D eigenvalue weighted by atomic mass is 32.2. The van der Waals surface area contributed by atoms with E-state index in [-0.39, 0.29) is 10.8 Å². The van der Waals surface area contributed by atoms with Gasteiger partial charge in [0.05, 0.1) is 6.20 Å². The highest BCUT2D eigenvalue weighted by molar-refractivity contribution is 7.92. The Labute approximate surface area is 103 Å². The topological polar surface area (TPSA) is 121 Å². The Morgan fingerprint density at radius 3 is 2.72 bits per heavy atom. The summed E-state index contributed by atoms with van der Waals surface area (Å²) in [7, 11) is -3.77. The van der Waals surface area contributed by atoms with Crippen LogP contribution < -0.4 is 10.3 Å². The number of aromatic nitrogens is 4. The summed E-state index contributed by atoms with van der Waals surface area (Å²) in [6.07, 6.45) is 1.83. The fraction of sp³-hybridized carbons (Fsp3) is 0.222. The Kier molecular flexibility index (Phi) is 3.15. The number of hydrogen-bond acceptors (Lipinski definition) is 5. The molecule has 0 aliphatic heterocycles. The number of hydrogen-bond donors (Lipinski definition) is 3. The van der Waals surface area contributed by atoms with Gasteiger partial charge in [-0.15, -0.1) is 0 Å². The van der Waals surface area contributed by atoms with Gasteiger partial charge in [0, 0.05) is 12.5 Å². The molecule has 0 bridgehead atoms. The number of anilines is 1. The van der Waals surface area contributed by atoms with E-state index in [0.29, 0.717) is 12.2 Å². The minimum atomic E-state index is -3.77. The van der Waals surface area contributed by atoms with Gasteiger partial charge in [0.15, 0.2) is 10.8 Å². The van der Waals surface area contributed by atoms with Crippen LogP contribution in [0.1, 0.15) is 12.7 Å². The summed E-state index contributed by atoms with van der Waals surface area (Å²) in [5.41, 5.74) is -0.409. The summed E-state index contributed by atoms with van der Waals surface area (Å²) < 4.78 is 26.0. The molecule has 0 aliphatic rings. The number of nitrogens with one attached hydrogen (secondary N) is 3. The first kappa shape index (κ1) is 12.3. The Balaban J connectivity index is 2.26. The van der Waals surface area contributed by atoms with Crippen LogP contribution in [0.5, 0.6) is 0 Å². The molecule has 0 aliphatic carbocycles. The van der Waals surface area contributed by atoms with E-state index in [1.165, 1.54) is 18.3 Å². The van der Waals surface area contributed by atoms with E-state index in [0.717, 1.165) is 0 Å². The maximum atomic E-state index is 11.9. The molecule has 3 N–H and O–H groups in total. The third-order valence-electron chi connectivity index (χ3n) is 2.15. The van der Waals surface area contributed by atoms with Crippen LogP contribution in [0.3, 0.4) is 0 Å². The summed E-state index contributed by atoms with van der Waals surface area (Å²) in [6, 6.07) is 2.45. The molecule has 0 amide bonds. The van der Waals surface area contributed by atoms with Crippen molar-refractivity contribution in [1.29, 1.82) is 0 Å². The first-order valence-corrected chi connectivity index (χ1v) is 6.62. The fourth-order valence-electron chi connectivity index (χ4n) is 1.25. The maximum absolute atomic E-state index is 11.9. The normalized spacial score (nSPS) is 11.4. The second kappa shape index (κ2) is 4.61. The first-order chi connectivity index (χ1) is 8.51. The van der Waals surface area contributed by atoms with E-state index in [2.05, 4.69) is 24.9 Å². The van der Waals surface area contributed by atoms with E-state index < -0.39 is 15.6 Å². The second-order valence-electron chi connectivity index (χ2n) is 3.46. The zero-order chi connectivity index (χ0) is 13.2. The molecule has 0 atom stereocenters. The zero-order valence-corrected chi connectivity index (χ0v) is 10.3. The van der Waals surface area contributed by atoms with Crippen molar-refractivity contribution in [2.24, 2.45) is 0 Å². The van der Waals surface area contributed by atoms with Gasteiger partial charge in [-0.1, -0.05) is 6.92 Å². The van der Waals surface area contributed by atoms with Gasteiger partial charge in [0.2, 0.25) is 0 Å². The molecule has 0 radical (unpaired) electrons. The summed E-state index contributed by atoms with van der Waals surface area (Å²) >= 11 is 0. The Hall–Kier alpha value is -2.16.